The molecule has 1 heterocycles. The van der Waals surface area contributed by atoms with Crippen LogP contribution in [0.2, 0.25) is 0 Å². The number of sulfonamides is 1. The van der Waals surface area contributed by atoms with Gasteiger partial charge in [-0.1, -0.05) is 42.5 Å². The fourth-order valence-corrected chi connectivity index (χ4v) is 5.16. The molecule has 0 saturated carbocycles. The first-order chi connectivity index (χ1) is 12.0. The summed E-state index contributed by atoms with van der Waals surface area (Å²) in [6.45, 7) is 2.20. The molecule has 1 aliphatic heterocycles. The van der Waals surface area contributed by atoms with E-state index in [1.54, 1.807) is 28.6 Å². The first-order valence-corrected chi connectivity index (χ1v) is 9.78. The fourth-order valence-electron chi connectivity index (χ4n) is 3.12. The summed E-state index contributed by atoms with van der Waals surface area (Å²) >= 11 is 0. The van der Waals surface area contributed by atoms with Gasteiger partial charge in [-0.2, -0.15) is 4.31 Å². The lowest BCUT2D eigenvalue weighted by atomic mass is 10.1. The molecule has 1 atom stereocenters. The van der Waals surface area contributed by atoms with Gasteiger partial charge in [0.2, 0.25) is 10.0 Å². The molecule has 1 unspecified atom stereocenters. The normalized spacial score (nSPS) is 20.1. The van der Waals surface area contributed by atoms with Crippen LogP contribution in [0.4, 0.5) is 0 Å². The van der Waals surface area contributed by atoms with E-state index in [1.165, 1.54) is 6.92 Å². The van der Waals surface area contributed by atoms with Crippen molar-refractivity contribution in [1.82, 2.24) is 4.31 Å². The maximum atomic E-state index is 13.0. The maximum absolute atomic E-state index is 13.0. The minimum absolute atomic E-state index is 0.325. The quantitative estimate of drug-likeness (QED) is 0.621. The van der Waals surface area contributed by atoms with Gasteiger partial charge in [-0.3, -0.25) is 4.79 Å². The number of hydrogen-bond acceptors (Lipinski definition) is 4. The van der Waals surface area contributed by atoms with Gasteiger partial charge in [0.1, 0.15) is 11.0 Å². The Kier molecular flexibility index (Phi) is 5.20. The van der Waals surface area contributed by atoms with Crippen LogP contribution in [-0.2, 0) is 21.4 Å². The van der Waals surface area contributed by atoms with E-state index >= 15 is 0 Å². The average Bonchev–Trinajstić information content (AvgIpc) is 2.58. The number of nitrogens with zero attached hydrogens (tertiary/aromatic N) is 1. The highest BCUT2D eigenvalue weighted by Crippen LogP contribution is 2.35. The minimum atomic E-state index is -3.40. The smallest absolute Gasteiger partial charge is 0.308 e. The molecular formula is C19H21NO4S. The summed E-state index contributed by atoms with van der Waals surface area (Å²) < 4.78 is 32.5. The highest BCUT2D eigenvalue weighted by molar-refractivity contribution is 7.89. The first kappa shape index (κ1) is 17.6. The van der Waals surface area contributed by atoms with E-state index in [1.807, 2.05) is 30.3 Å². The van der Waals surface area contributed by atoms with Crippen molar-refractivity contribution in [3.05, 3.63) is 65.7 Å². The molecule has 3 rings (SSSR count). The second-order valence-corrected chi connectivity index (χ2v) is 8.27. The zero-order valence-electron chi connectivity index (χ0n) is 14.1. The van der Waals surface area contributed by atoms with Crippen LogP contribution in [0.3, 0.4) is 0 Å². The molecule has 0 N–H and O–H groups in total. The van der Waals surface area contributed by atoms with Crippen LogP contribution >= 0.6 is 0 Å². The van der Waals surface area contributed by atoms with Gasteiger partial charge in [0.25, 0.3) is 0 Å². The van der Waals surface area contributed by atoms with Gasteiger partial charge in [-0.05, 0) is 36.1 Å². The number of carbonyl (C=O) groups excluding carboxylic acids is 1. The number of carbonyl (C=O) groups is 1. The van der Waals surface area contributed by atoms with E-state index in [0.29, 0.717) is 25.3 Å². The molecule has 0 aromatic heterocycles. The van der Waals surface area contributed by atoms with E-state index < -0.39 is 15.3 Å². The molecule has 5 nitrogen and oxygen atoms in total. The van der Waals surface area contributed by atoms with Gasteiger partial charge in [-0.25, -0.2) is 8.42 Å². The van der Waals surface area contributed by atoms with Crippen molar-refractivity contribution >= 4 is 16.0 Å². The summed E-state index contributed by atoms with van der Waals surface area (Å²) in [7, 11) is -3.40. The largest absolute Gasteiger partial charge is 0.427 e. The molecule has 1 saturated heterocycles. The topological polar surface area (TPSA) is 63.7 Å². The molecule has 2 aromatic carbocycles. The van der Waals surface area contributed by atoms with Crippen molar-refractivity contribution in [2.24, 2.45) is 0 Å². The fraction of sp³-hybridized carbons (Fsp3) is 0.316. The number of esters is 1. The van der Waals surface area contributed by atoms with Crippen LogP contribution in [0.15, 0.2) is 54.6 Å². The molecule has 0 spiro atoms. The summed E-state index contributed by atoms with van der Waals surface area (Å²) in [5, 5.41) is -0.484. The number of hydrogen-bond donors (Lipinski definition) is 0. The lowest BCUT2D eigenvalue weighted by Crippen LogP contribution is -2.39. The van der Waals surface area contributed by atoms with Crippen LogP contribution in [0.25, 0.3) is 0 Å². The van der Waals surface area contributed by atoms with E-state index in [0.717, 1.165) is 17.5 Å². The Balaban J connectivity index is 1.77. The third kappa shape index (κ3) is 4.08. The van der Waals surface area contributed by atoms with Gasteiger partial charge in [-0.15, -0.1) is 0 Å². The van der Waals surface area contributed by atoms with Gasteiger partial charge in [0.05, 0.1) is 0 Å². The standard InChI is InChI=1S/C19H21NO4S/c1-15(21)24-18-11-9-16(10-12-18)14-20-13-5-8-19(25(20,22)23)17-6-3-2-4-7-17/h2-4,6-7,9-12,19H,5,8,13-14H2,1H3. The van der Waals surface area contributed by atoms with Crippen LogP contribution in [0.5, 0.6) is 5.75 Å². The summed E-state index contributed by atoms with van der Waals surface area (Å²) in [6.07, 6.45) is 1.48. The summed E-state index contributed by atoms with van der Waals surface area (Å²) in [4.78, 5) is 11.0. The van der Waals surface area contributed by atoms with Crippen LogP contribution in [-0.4, -0.2) is 25.2 Å². The van der Waals surface area contributed by atoms with Crippen molar-refractivity contribution in [1.29, 1.82) is 0 Å². The average molecular weight is 359 g/mol. The maximum Gasteiger partial charge on any atom is 0.308 e. The highest BCUT2D eigenvalue weighted by Gasteiger charge is 2.36. The molecule has 0 amide bonds. The zero-order valence-corrected chi connectivity index (χ0v) is 14.9. The van der Waals surface area contributed by atoms with Crippen molar-refractivity contribution in [2.75, 3.05) is 6.54 Å². The molecule has 0 radical (unpaired) electrons. The van der Waals surface area contributed by atoms with E-state index in [9.17, 15) is 13.2 Å². The van der Waals surface area contributed by atoms with Gasteiger partial charge in [0.15, 0.2) is 0 Å². The zero-order chi connectivity index (χ0) is 17.9. The molecule has 132 valence electrons. The van der Waals surface area contributed by atoms with Crippen molar-refractivity contribution < 1.29 is 17.9 Å². The first-order valence-electron chi connectivity index (χ1n) is 8.28. The third-order valence-electron chi connectivity index (χ3n) is 4.31. The van der Waals surface area contributed by atoms with Gasteiger partial charge < -0.3 is 4.74 Å². The predicted molar refractivity (Wildman–Crippen MR) is 95.5 cm³/mol. The Hall–Kier alpha value is -2.18. The second-order valence-electron chi connectivity index (χ2n) is 6.16. The van der Waals surface area contributed by atoms with Crippen LogP contribution in [0.1, 0.15) is 36.1 Å². The SMILES string of the molecule is CC(=O)Oc1ccc(CN2CCCC(c3ccccc3)S2(=O)=O)cc1. The minimum Gasteiger partial charge on any atom is -0.427 e. The number of rotatable bonds is 4. The third-order valence-corrected chi connectivity index (χ3v) is 6.57. The van der Waals surface area contributed by atoms with Crippen molar-refractivity contribution in [3.63, 3.8) is 0 Å². The summed E-state index contributed by atoms with van der Waals surface area (Å²) in [5.74, 6) is 0.0805. The Labute approximate surface area is 148 Å². The monoisotopic (exact) mass is 359 g/mol. The molecule has 0 aliphatic carbocycles. The predicted octanol–water partition coefficient (Wildman–Crippen LogP) is 3.28. The summed E-state index contributed by atoms with van der Waals surface area (Å²) in [5.41, 5.74) is 1.71. The highest BCUT2D eigenvalue weighted by atomic mass is 32.2. The lowest BCUT2D eigenvalue weighted by Gasteiger charge is -2.32. The number of benzene rings is 2. The molecule has 0 bridgehead atoms. The van der Waals surface area contributed by atoms with E-state index in [4.69, 9.17) is 4.74 Å². The van der Waals surface area contributed by atoms with Crippen molar-refractivity contribution in [3.8, 4) is 5.75 Å². The Morgan fingerprint density at radius 2 is 1.80 bits per heavy atom. The molecule has 1 aliphatic rings. The molecule has 6 heteroatoms. The Morgan fingerprint density at radius 1 is 1.12 bits per heavy atom. The van der Waals surface area contributed by atoms with E-state index in [-0.39, 0.29) is 5.97 Å². The van der Waals surface area contributed by atoms with Crippen LogP contribution < -0.4 is 4.74 Å². The lowest BCUT2D eigenvalue weighted by molar-refractivity contribution is -0.131. The molecular weight excluding hydrogens is 338 g/mol. The summed E-state index contributed by atoms with van der Waals surface area (Å²) in [6, 6.07) is 16.3. The van der Waals surface area contributed by atoms with Crippen LogP contribution in [0, 0.1) is 0 Å². The molecule has 2 aromatic rings. The Bertz CT molecular complexity index is 831. The van der Waals surface area contributed by atoms with E-state index in [2.05, 4.69) is 0 Å². The Morgan fingerprint density at radius 3 is 2.44 bits per heavy atom. The molecule has 25 heavy (non-hydrogen) atoms. The van der Waals surface area contributed by atoms with Crippen molar-refractivity contribution in [2.45, 2.75) is 31.6 Å². The number of ether oxygens (including phenoxy) is 1. The van der Waals surface area contributed by atoms with Gasteiger partial charge >= 0.3 is 5.97 Å². The second kappa shape index (κ2) is 7.37. The molecule has 1 fully saturated rings. The van der Waals surface area contributed by atoms with Gasteiger partial charge in [0, 0.05) is 20.0 Å².